The second-order valence-electron chi connectivity index (χ2n) is 6.39. The molecule has 0 aliphatic rings. The van der Waals surface area contributed by atoms with Crippen LogP contribution in [0.2, 0.25) is 0 Å². The first-order valence-corrected chi connectivity index (χ1v) is 9.44. The van der Waals surface area contributed by atoms with Crippen LogP contribution in [0.3, 0.4) is 0 Å². The van der Waals surface area contributed by atoms with Crippen molar-refractivity contribution in [3.63, 3.8) is 0 Å². The summed E-state index contributed by atoms with van der Waals surface area (Å²) >= 11 is 3.32. The molecule has 28 heavy (non-hydrogen) atoms. The van der Waals surface area contributed by atoms with Crippen LogP contribution in [0, 0.1) is 0 Å². The van der Waals surface area contributed by atoms with Gasteiger partial charge >= 0.3 is 6.18 Å². The Hall–Kier alpha value is -2.48. The van der Waals surface area contributed by atoms with Crippen molar-refractivity contribution in [3.8, 4) is 0 Å². The summed E-state index contributed by atoms with van der Waals surface area (Å²) in [5.41, 5.74) is -0.840. The van der Waals surface area contributed by atoms with E-state index in [1.807, 2.05) is 13.8 Å². The third-order valence-corrected chi connectivity index (χ3v) is 4.96. The molecule has 0 saturated carbocycles. The van der Waals surface area contributed by atoms with Gasteiger partial charge in [-0.2, -0.15) is 22.9 Å². The average molecular weight is 452 g/mol. The number of benzene rings is 2. The predicted octanol–water partition coefficient (Wildman–Crippen LogP) is 5.57. The van der Waals surface area contributed by atoms with Gasteiger partial charge in [0.15, 0.2) is 0 Å². The van der Waals surface area contributed by atoms with Crippen LogP contribution < -0.4 is 5.56 Å². The zero-order valence-electron chi connectivity index (χ0n) is 15.2. The van der Waals surface area contributed by atoms with Gasteiger partial charge in [-0.3, -0.25) is 4.79 Å². The quantitative estimate of drug-likeness (QED) is 0.486. The molecule has 2 aromatic carbocycles. The van der Waals surface area contributed by atoms with Crippen molar-refractivity contribution in [3.05, 3.63) is 74.2 Å². The van der Waals surface area contributed by atoms with Crippen LogP contribution in [-0.4, -0.2) is 15.9 Å². The van der Waals surface area contributed by atoms with E-state index in [2.05, 4.69) is 26.0 Å². The molecule has 0 radical (unpaired) electrons. The van der Waals surface area contributed by atoms with E-state index < -0.39 is 17.3 Å². The first-order chi connectivity index (χ1) is 13.2. The lowest BCUT2D eigenvalue weighted by molar-refractivity contribution is -0.137. The number of halogens is 4. The molecule has 1 atom stereocenters. The summed E-state index contributed by atoms with van der Waals surface area (Å²) in [6, 6.07) is 10.2. The number of alkyl halides is 3. The van der Waals surface area contributed by atoms with Crippen LogP contribution in [-0.2, 0) is 6.18 Å². The first kappa shape index (κ1) is 20.3. The van der Waals surface area contributed by atoms with E-state index in [0.29, 0.717) is 27.6 Å². The van der Waals surface area contributed by atoms with Crippen LogP contribution in [0.1, 0.15) is 43.1 Å². The maximum absolute atomic E-state index is 13.2. The number of fused-ring (bicyclic) bond motifs is 1. The summed E-state index contributed by atoms with van der Waals surface area (Å²) in [5.74, 6) is 0.304. The van der Waals surface area contributed by atoms with Gasteiger partial charge in [0.1, 0.15) is 5.82 Å². The summed E-state index contributed by atoms with van der Waals surface area (Å²) in [4.78, 5) is 17.5. The van der Waals surface area contributed by atoms with Crippen LogP contribution >= 0.6 is 15.9 Å². The molecule has 0 saturated heterocycles. The standard InChI is InChI=1S/C20H17BrF3N3O/c1-3-12(2)18-26-17-9-8-14(21)10-15(17)19(28)27(18)25-11-13-6-4-5-7-16(13)20(22,23)24/h4-12H,3H2,1-2H3/t12-/m1/s1. The molecule has 0 N–H and O–H groups in total. The third kappa shape index (κ3) is 4.01. The normalized spacial score (nSPS) is 13.4. The second kappa shape index (κ2) is 7.87. The molecular weight excluding hydrogens is 435 g/mol. The van der Waals surface area contributed by atoms with Crippen molar-refractivity contribution in [1.29, 1.82) is 0 Å². The van der Waals surface area contributed by atoms with E-state index in [1.165, 1.54) is 18.2 Å². The van der Waals surface area contributed by atoms with Crippen LogP contribution in [0.25, 0.3) is 10.9 Å². The van der Waals surface area contributed by atoms with E-state index in [4.69, 9.17) is 0 Å². The highest BCUT2D eigenvalue weighted by Gasteiger charge is 2.32. The molecule has 3 rings (SSSR count). The lowest BCUT2D eigenvalue weighted by Gasteiger charge is -2.14. The fraction of sp³-hybridized carbons (Fsp3) is 0.250. The van der Waals surface area contributed by atoms with Crippen LogP contribution in [0.4, 0.5) is 13.2 Å². The monoisotopic (exact) mass is 451 g/mol. The highest BCUT2D eigenvalue weighted by atomic mass is 79.9. The molecule has 0 aliphatic heterocycles. The molecule has 0 unspecified atom stereocenters. The maximum Gasteiger partial charge on any atom is 0.417 e. The molecular formula is C20H17BrF3N3O. The largest absolute Gasteiger partial charge is 0.417 e. The van der Waals surface area contributed by atoms with Gasteiger partial charge in [0, 0.05) is 16.0 Å². The molecule has 1 aromatic heterocycles. The van der Waals surface area contributed by atoms with E-state index in [1.54, 1.807) is 18.2 Å². The Balaban J connectivity index is 2.21. The summed E-state index contributed by atoms with van der Waals surface area (Å²) in [5, 5.41) is 4.44. The first-order valence-electron chi connectivity index (χ1n) is 8.65. The van der Waals surface area contributed by atoms with Gasteiger partial charge in [0.05, 0.1) is 22.7 Å². The molecule has 146 valence electrons. The molecule has 0 bridgehead atoms. The summed E-state index contributed by atoms with van der Waals surface area (Å²) in [6.07, 6.45) is -2.76. The Kier molecular flexibility index (Phi) is 5.69. The molecule has 0 spiro atoms. The molecule has 1 heterocycles. The van der Waals surface area contributed by atoms with Crippen molar-refractivity contribution in [1.82, 2.24) is 9.66 Å². The van der Waals surface area contributed by atoms with Crippen molar-refractivity contribution in [2.45, 2.75) is 32.4 Å². The Morgan fingerprint density at radius 1 is 1.25 bits per heavy atom. The fourth-order valence-electron chi connectivity index (χ4n) is 2.77. The minimum atomic E-state index is -4.51. The molecule has 0 aliphatic carbocycles. The number of nitrogens with zero attached hydrogens (tertiary/aromatic N) is 3. The van der Waals surface area contributed by atoms with E-state index in [9.17, 15) is 18.0 Å². The van der Waals surface area contributed by atoms with Gasteiger partial charge in [-0.15, -0.1) is 0 Å². The summed E-state index contributed by atoms with van der Waals surface area (Å²) in [7, 11) is 0. The molecule has 0 fully saturated rings. The number of rotatable bonds is 4. The van der Waals surface area contributed by atoms with Gasteiger partial charge in [-0.25, -0.2) is 4.98 Å². The zero-order valence-corrected chi connectivity index (χ0v) is 16.8. The maximum atomic E-state index is 13.2. The Labute approximate surface area is 167 Å². The van der Waals surface area contributed by atoms with Gasteiger partial charge < -0.3 is 0 Å². The topological polar surface area (TPSA) is 47.2 Å². The number of hydrogen-bond acceptors (Lipinski definition) is 3. The molecule has 4 nitrogen and oxygen atoms in total. The van der Waals surface area contributed by atoms with Crippen LogP contribution in [0.15, 0.2) is 56.8 Å². The average Bonchev–Trinajstić information content (AvgIpc) is 2.66. The molecule has 0 amide bonds. The Bertz CT molecular complexity index is 1110. The lowest BCUT2D eigenvalue weighted by Crippen LogP contribution is -2.24. The van der Waals surface area contributed by atoms with Crippen LogP contribution in [0.5, 0.6) is 0 Å². The second-order valence-corrected chi connectivity index (χ2v) is 7.30. The third-order valence-electron chi connectivity index (χ3n) is 4.47. The van der Waals surface area contributed by atoms with Crippen molar-refractivity contribution in [2.24, 2.45) is 5.10 Å². The van der Waals surface area contributed by atoms with Crippen molar-refractivity contribution >= 4 is 33.0 Å². The molecule has 8 heteroatoms. The minimum Gasteiger partial charge on any atom is -0.267 e. The molecule has 3 aromatic rings. The van der Waals surface area contributed by atoms with Gasteiger partial charge in [0.25, 0.3) is 5.56 Å². The number of aromatic nitrogens is 2. The zero-order chi connectivity index (χ0) is 20.5. The van der Waals surface area contributed by atoms with E-state index in [-0.39, 0.29) is 11.5 Å². The van der Waals surface area contributed by atoms with Gasteiger partial charge in [-0.1, -0.05) is 48.0 Å². The predicted molar refractivity (Wildman–Crippen MR) is 107 cm³/mol. The number of hydrogen-bond donors (Lipinski definition) is 0. The van der Waals surface area contributed by atoms with E-state index in [0.717, 1.165) is 17.0 Å². The SMILES string of the molecule is CC[C@@H](C)c1nc2ccc(Br)cc2c(=O)n1N=Cc1ccccc1C(F)(F)F. The fourth-order valence-corrected chi connectivity index (χ4v) is 3.13. The Morgan fingerprint density at radius 3 is 2.64 bits per heavy atom. The van der Waals surface area contributed by atoms with Gasteiger partial charge in [0.2, 0.25) is 0 Å². The lowest BCUT2D eigenvalue weighted by atomic mass is 10.1. The highest BCUT2D eigenvalue weighted by molar-refractivity contribution is 9.10. The van der Waals surface area contributed by atoms with Gasteiger partial charge in [-0.05, 0) is 30.7 Å². The smallest absolute Gasteiger partial charge is 0.267 e. The summed E-state index contributed by atoms with van der Waals surface area (Å²) < 4.78 is 41.5. The highest BCUT2D eigenvalue weighted by Crippen LogP contribution is 2.31. The van der Waals surface area contributed by atoms with Crippen molar-refractivity contribution in [2.75, 3.05) is 0 Å². The Morgan fingerprint density at radius 2 is 1.96 bits per heavy atom. The van der Waals surface area contributed by atoms with E-state index >= 15 is 0 Å². The van der Waals surface area contributed by atoms with Crippen molar-refractivity contribution < 1.29 is 13.2 Å². The summed E-state index contributed by atoms with van der Waals surface area (Å²) in [6.45, 7) is 3.83. The minimum absolute atomic E-state index is 0.101.